The van der Waals surface area contributed by atoms with Gasteiger partial charge in [0.05, 0.1) is 0 Å². The van der Waals surface area contributed by atoms with Crippen LogP contribution in [0.1, 0.15) is 12.3 Å². The lowest BCUT2D eigenvalue weighted by Gasteiger charge is -1.94. The number of aromatic nitrogens is 2. The number of nitrogens with one attached hydrogen (secondary N) is 1. The Morgan fingerprint density at radius 3 is 3.13 bits per heavy atom. The van der Waals surface area contributed by atoms with Crippen molar-refractivity contribution in [3.05, 3.63) is 22.7 Å². The Bertz CT molecular complexity index is 396. The third kappa shape index (κ3) is 2.64. The molecule has 0 spiro atoms. The van der Waals surface area contributed by atoms with Gasteiger partial charge in [-0.1, -0.05) is 0 Å². The highest BCUT2D eigenvalue weighted by atomic mass is 32.1. The van der Waals surface area contributed by atoms with Crippen LogP contribution in [0.2, 0.25) is 0 Å². The molecule has 2 rings (SSSR count). The van der Waals surface area contributed by atoms with Crippen LogP contribution < -0.4 is 5.32 Å². The lowest BCUT2D eigenvalue weighted by molar-refractivity contribution is 0.495. The van der Waals surface area contributed by atoms with Crippen molar-refractivity contribution in [1.82, 2.24) is 15.5 Å². The average Bonchev–Trinajstić information content (AvgIpc) is 2.87. The number of hydrogen-bond donors (Lipinski definition) is 1. The Balaban J connectivity index is 1.98. The van der Waals surface area contributed by atoms with E-state index in [1.54, 1.807) is 11.3 Å². The Labute approximate surface area is 92.3 Å². The van der Waals surface area contributed by atoms with Gasteiger partial charge in [0.15, 0.2) is 0 Å². The molecule has 2 heterocycles. The molecule has 0 amide bonds. The quantitative estimate of drug-likeness (QED) is 0.787. The predicted octanol–water partition coefficient (Wildman–Crippen LogP) is 1.95. The van der Waals surface area contributed by atoms with E-state index in [1.807, 2.05) is 23.9 Å². The van der Waals surface area contributed by atoms with E-state index < -0.39 is 0 Å². The molecule has 0 atom stereocenters. The summed E-state index contributed by atoms with van der Waals surface area (Å²) >= 11 is 1.63. The molecule has 80 valence electrons. The average molecular weight is 223 g/mol. The summed E-state index contributed by atoms with van der Waals surface area (Å²) in [7, 11) is 1.94. The maximum atomic E-state index is 5.53. The molecule has 0 unspecified atom stereocenters. The van der Waals surface area contributed by atoms with Crippen LogP contribution in [0.3, 0.4) is 0 Å². The summed E-state index contributed by atoms with van der Waals surface area (Å²) in [5.41, 5.74) is 1.01. The molecule has 0 radical (unpaired) electrons. The van der Waals surface area contributed by atoms with Crippen molar-refractivity contribution in [2.45, 2.75) is 12.8 Å². The molecule has 2 aromatic heterocycles. The first-order chi connectivity index (χ1) is 7.40. The topological polar surface area (TPSA) is 51.0 Å². The highest BCUT2D eigenvalue weighted by Crippen LogP contribution is 2.20. The molecule has 15 heavy (non-hydrogen) atoms. The summed E-state index contributed by atoms with van der Waals surface area (Å²) in [4.78, 5) is 0. The zero-order valence-electron chi connectivity index (χ0n) is 8.56. The van der Waals surface area contributed by atoms with Crippen molar-refractivity contribution in [3.63, 3.8) is 0 Å². The van der Waals surface area contributed by atoms with Crippen molar-refractivity contribution in [2.24, 2.45) is 0 Å². The number of thiophene rings is 1. The fourth-order valence-corrected chi connectivity index (χ4v) is 1.90. The van der Waals surface area contributed by atoms with Crippen molar-refractivity contribution >= 4 is 11.3 Å². The Morgan fingerprint density at radius 1 is 1.47 bits per heavy atom. The second-order valence-electron chi connectivity index (χ2n) is 3.22. The zero-order chi connectivity index (χ0) is 10.5. The predicted molar refractivity (Wildman–Crippen MR) is 59.9 cm³/mol. The summed E-state index contributed by atoms with van der Waals surface area (Å²) in [6, 6.07) is 1.98. The monoisotopic (exact) mass is 223 g/mol. The third-order valence-corrected chi connectivity index (χ3v) is 2.74. The lowest BCUT2D eigenvalue weighted by Crippen LogP contribution is -2.08. The van der Waals surface area contributed by atoms with E-state index in [0.29, 0.717) is 11.8 Å². The van der Waals surface area contributed by atoms with Gasteiger partial charge in [-0.3, -0.25) is 0 Å². The second kappa shape index (κ2) is 5.04. The van der Waals surface area contributed by atoms with Gasteiger partial charge in [-0.25, -0.2) is 0 Å². The molecule has 0 saturated heterocycles. The minimum absolute atomic E-state index is 0.621. The van der Waals surface area contributed by atoms with Crippen LogP contribution >= 0.6 is 11.3 Å². The van der Waals surface area contributed by atoms with Crippen molar-refractivity contribution < 1.29 is 4.42 Å². The van der Waals surface area contributed by atoms with Gasteiger partial charge < -0.3 is 9.73 Å². The van der Waals surface area contributed by atoms with Crippen molar-refractivity contribution in [3.8, 4) is 11.5 Å². The molecule has 5 heteroatoms. The van der Waals surface area contributed by atoms with Crippen molar-refractivity contribution in [2.75, 3.05) is 13.6 Å². The molecule has 0 aliphatic rings. The normalized spacial score (nSPS) is 10.7. The molecule has 0 fully saturated rings. The molecular weight excluding hydrogens is 210 g/mol. The first kappa shape index (κ1) is 10.3. The largest absolute Gasteiger partial charge is 0.421 e. The van der Waals surface area contributed by atoms with Crippen LogP contribution in [-0.4, -0.2) is 23.8 Å². The summed E-state index contributed by atoms with van der Waals surface area (Å²) in [6.45, 7) is 0.968. The van der Waals surface area contributed by atoms with E-state index in [1.165, 1.54) is 0 Å². The van der Waals surface area contributed by atoms with Gasteiger partial charge in [0.1, 0.15) is 0 Å². The van der Waals surface area contributed by atoms with E-state index in [2.05, 4.69) is 15.5 Å². The van der Waals surface area contributed by atoms with Crippen LogP contribution in [-0.2, 0) is 6.42 Å². The number of rotatable bonds is 5. The molecule has 4 nitrogen and oxygen atoms in total. The highest BCUT2D eigenvalue weighted by molar-refractivity contribution is 7.08. The lowest BCUT2D eigenvalue weighted by atomic mass is 10.3. The van der Waals surface area contributed by atoms with Crippen LogP contribution in [0.4, 0.5) is 0 Å². The molecule has 1 N–H and O–H groups in total. The van der Waals surface area contributed by atoms with Gasteiger partial charge >= 0.3 is 0 Å². The molecule has 0 aromatic carbocycles. The summed E-state index contributed by atoms with van der Waals surface area (Å²) in [5.74, 6) is 1.34. The maximum Gasteiger partial charge on any atom is 0.248 e. The minimum atomic E-state index is 0.621. The van der Waals surface area contributed by atoms with Gasteiger partial charge in [-0.05, 0) is 31.5 Å². The Hall–Kier alpha value is -1.20. The Morgan fingerprint density at radius 2 is 2.40 bits per heavy atom. The molecular formula is C10H13N3OS. The number of hydrogen-bond acceptors (Lipinski definition) is 5. The van der Waals surface area contributed by atoms with Crippen LogP contribution in [0, 0.1) is 0 Å². The minimum Gasteiger partial charge on any atom is -0.421 e. The van der Waals surface area contributed by atoms with Crippen LogP contribution in [0.5, 0.6) is 0 Å². The second-order valence-corrected chi connectivity index (χ2v) is 4.00. The summed E-state index contributed by atoms with van der Waals surface area (Å²) in [5, 5.41) is 15.1. The zero-order valence-corrected chi connectivity index (χ0v) is 9.38. The van der Waals surface area contributed by atoms with E-state index in [-0.39, 0.29) is 0 Å². The van der Waals surface area contributed by atoms with Crippen LogP contribution in [0.15, 0.2) is 21.2 Å². The van der Waals surface area contributed by atoms with Gasteiger partial charge in [-0.15, -0.1) is 10.2 Å². The Kier molecular flexibility index (Phi) is 3.47. The standard InChI is InChI=1S/C10H13N3OS/c1-11-5-2-3-9-12-13-10(14-9)8-4-6-15-7-8/h4,6-7,11H,2-3,5H2,1H3. The highest BCUT2D eigenvalue weighted by Gasteiger charge is 2.07. The van der Waals surface area contributed by atoms with E-state index >= 15 is 0 Å². The van der Waals surface area contributed by atoms with Gasteiger partial charge in [0.2, 0.25) is 11.8 Å². The molecule has 0 saturated carbocycles. The van der Waals surface area contributed by atoms with Crippen molar-refractivity contribution in [1.29, 1.82) is 0 Å². The van der Waals surface area contributed by atoms with Gasteiger partial charge in [-0.2, -0.15) is 11.3 Å². The number of nitrogens with zero attached hydrogens (tertiary/aromatic N) is 2. The molecule has 0 aliphatic heterocycles. The summed E-state index contributed by atoms with van der Waals surface area (Å²) in [6.07, 6.45) is 1.85. The number of aryl methyl sites for hydroxylation is 1. The van der Waals surface area contributed by atoms with Crippen LogP contribution in [0.25, 0.3) is 11.5 Å². The smallest absolute Gasteiger partial charge is 0.248 e. The molecule has 0 bridgehead atoms. The first-order valence-electron chi connectivity index (χ1n) is 4.89. The van der Waals surface area contributed by atoms with E-state index in [0.717, 1.165) is 24.9 Å². The first-order valence-corrected chi connectivity index (χ1v) is 5.84. The fraction of sp³-hybridized carbons (Fsp3) is 0.400. The van der Waals surface area contributed by atoms with Gasteiger partial charge in [0, 0.05) is 17.4 Å². The van der Waals surface area contributed by atoms with Gasteiger partial charge in [0.25, 0.3) is 0 Å². The maximum absolute atomic E-state index is 5.53. The summed E-state index contributed by atoms with van der Waals surface area (Å²) < 4.78 is 5.53. The molecule has 0 aliphatic carbocycles. The fourth-order valence-electron chi connectivity index (χ4n) is 1.27. The SMILES string of the molecule is CNCCCc1nnc(-c2ccsc2)o1. The third-order valence-electron chi connectivity index (χ3n) is 2.05. The van der Waals surface area contributed by atoms with E-state index in [4.69, 9.17) is 4.42 Å². The molecule has 2 aromatic rings. The van der Waals surface area contributed by atoms with E-state index in [9.17, 15) is 0 Å².